The molecule has 0 unspecified atom stereocenters. The molecule has 2 aromatic rings. The molecule has 2 aromatic carbocycles. The Bertz CT molecular complexity index is 785. The number of rotatable bonds is 6. The van der Waals surface area contributed by atoms with E-state index in [-0.39, 0.29) is 24.1 Å². The Kier molecular flexibility index (Phi) is 5.74. The number of nitrogens with zero attached hydrogens (tertiary/aromatic N) is 1. The molecule has 1 aliphatic heterocycles. The highest BCUT2D eigenvalue weighted by molar-refractivity contribution is 5.94. The molecule has 0 aromatic heterocycles. The minimum atomic E-state index is -0.423. The van der Waals surface area contributed by atoms with Crippen LogP contribution >= 0.6 is 0 Å². The van der Waals surface area contributed by atoms with E-state index < -0.39 is 5.41 Å². The van der Waals surface area contributed by atoms with Crippen LogP contribution in [0.25, 0.3) is 0 Å². The number of benzene rings is 2. The van der Waals surface area contributed by atoms with Crippen LogP contribution in [0.5, 0.6) is 5.75 Å². The van der Waals surface area contributed by atoms with E-state index >= 15 is 0 Å². The van der Waals surface area contributed by atoms with Gasteiger partial charge in [-0.25, -0.2) is 4.39 Å². The molecule has 0 saturated carbocycles. The van der Waals surface area contributed by atoms with Crippen molar-refractivity contribution in [3.8, 4) is 5.75 Å². The number of halogens is 1. The summed E-state index contributed by atoms with van der Waals surface area (Å²) in [5.41, 5.74) is 5.69. The highest BCUT2D eigenvalue weighted by atomic mass is 19.1. The highest BCUT2D eigenvalue weighted by Crippen LogP contribution is 2.36. The molecule has 1 fully saturated rings. The van der Waals surface area contributed by atoms with Gasteiger partial charge in [-0.2, -0.15) is 0 Å². The fourth-order valence-electron chi connectivity index (χ4n) is 3.46. The minimum absolute atomic E-state index is 0.0114. The van der Waals surface area contributed by atoms with E-state index in [4.69, 9.17) is 10.5 Å². The zero-order valence-electron chi connectivity index (χ0n) is 15.1. The van der Waals surface area contributed by atoms with E-state index in [1.54, 1.807) is 29.2 Å². The van der Waals surface area contributed by atoms with Crippen LogP contribution in [-0.4, -0.2) is 36.4 Å². The molecule has 0 atom stereocenters. The fourth-order valence-corrected chi connectivity index (χ4v) is 3.46. The number of likely N-dealkylation sites (tertiary alicyclic amines) is 1. The van der Waals surface area contributed by atoms with Crippen molar-refractivity contribution in [3.63, 3.8) is 0 Å². The Balaban J connectivity index is 1.65. The monoisotopic (exact) mass is 370 g/mol. The molecule has 2 N–H and O–H groups in total. The predicted molar refractivity (Wildman–Crippen MR) is 99.7 cm³/mol. The summed E-state index contributed by atoms with van der Waals surface area (Å²) in [6, 6.07) is 14.9. The quantitative estimate of drug-likeness (QED) is 0.850. The van der Waals surface area contributed by atoms with Crippen molar-refractivity contribution in [1.29, 1.82) is 0 Å². The maximum Gasteiger partial charge on any atom is 0.253 e. The normalized spacial score (nSPS) is 16.0. The van der Waals surface area contributed by atoms with Gasteiger partial charge in [0, 0.05) is 30.5 Å². The number of carbonyl (C=O) groups is 2. The number of amides is 2. The number of ether oxygens (including phenoxy) is 1. The third-order valence-corrected chi connectivity index (χ3v) is 5.04. The van der Waals surface area contributed by atoms with Crippen molar-refractivity contribution in [2.75, 3.05) is 19.7 Å². The van der Waals surface area contributed by atoms with Crippen LogP contribution in [0.2, 0.25) is 0 Å². The predicted octanol–water partition coefficient (Wildman–Crippen LogP) is 3.00. The number of primary amides is 1. The van der Waals surface area contributed by atoms with Crippen molar-refractivity contribution in [3.05, 3.63) is 66.0 Å². The van der Waals surface area contributed by atoms with Crippen LogP contribution in [0.3, 0.4) is 0 Å². The number of nitrogens with two attached hydrogens (primary N) is 1. The molecule has 1 heterocycles. The summed E-state index contributed by atoms with van der Waals surface area (Å²) in [6.45, 7) is 1.37. The summed E-state index contributed by atoms with van der Waals surface area (Å²) in [5, 5.41) is 0. The van der Waals surface area contributed by atoms with Crippen molar-refractivity contribution in [1.82, 2.24) is 4.90 Å². The largest absolute Gasteiger partial charge is 0.493 e. The summed E-state index contributed by atoms with van der Waals surface area (Å²) < 4.78 is 18.8. The Hall–Kier alpha value is -2.89. The molecule has 2 amide bonds. The van der Waals surface area contributed by atoms with Crippen molar-refractivity contribution in [2.45, 2.75) is 19.3 Å². The van der Waals surface area contributed by atoms with Crippen LogP contribution in [0.1, 0.15) is 29.6 Å². The van der Waals surface area contributed by atoms with Gasteiger partial charge in [-0.3, -0.25) is 9.59 Å². The smallest absolute Gasteiger partial charge is 0.253 e. The molecule has 1 saturated heterocycles. The third kappa shape index (κ3) is 4.84. The number of hydrogen-bond donors (Lipinski definition) is 1. The van der Waals surface area contributed by atoms with E-state index in [0.29, 0.717) is 43.9 Å². The van der Waals surface area contributed by atoms with Gasteiger partial charge in [0.05, 0.1) is 6.61 Å². The summed E-state index contributed by atoms with van der Waals surface area (Å²) in [5.74, 6) is -0.187. The number of carbonyl (C=O) groups excluding carboxylic acids is 2. The molecule has 0 bridgehead atoms. The first-order valence-corrected chi connectivity index (χ1v) is 8.98. The topological polar surface area (TPSA) is 72.6 Å². The van der Waals surface area contributed by atoms with E-state index in [1.807, 2.05) is 18.2 Å². The van der Waals surface area contributed by atoms with Crippen LogP contribution in [0.4, 0.5) is 4.39 Å². The SMILES string of the molecule is NC(=O)CC1(COc2ccc(F)cc2)CCN(C(=O)c2ccccc2)CC1. The molecule has 1 aliphatic rings. The molecular weight excluding hydrogens is 347 g/mol. The van der Waals surface area contributed by atoms with Crippen molar-refractivity contribution < 1.29 is 18.7 Å². The second-order valence-corrected chi connectivity index (χ2v) is 7.04. The minimum Gasteiger partial charge on any atom is -0.493 e. The highest BCUT2D eigenvalue weighted by Gasteiger charge is 2.38. The standard InChI is InChI=1S/C21H23FN2O3/c22-17-6-8-18(9-7-17)27-15-21(14-19(23)25)10-12-24(13-11-21)20(26)16-4-2-1-3-5-16/h1-9H,10-15H2,(H2,23,25). The Morgan fingerprint density at radius 2 is 1.67 bits per heavy atom. The maximum atomic E-state index is 13.0. The van der Waals surface area contributed by atoms with Gasteiger partial charge < -0.3 is 15.4 Å². The van der Waals surface area contributed by atoms with E-state index in [0.717, 1.165) is 0 Å². The summed E-state index contributed by atoms with van der Waals surface area (Å²) in [4.78, 5) is 26.0. The van der Waals surface area contributed by atoms with Crippen molar-refractivity contribution in [2.24, 2.45) is 11.1 Å². The van der Waals surface area contributed by atoms with Crippen molar-refractivity contribution >= 4 is 11.8 Å². The Labute approximate surface area is 157 Å². The van der Waals surface area contributed by atoms with Gasteiger partial charge in [0.2, 0.25) is 5.91 Å². The average Bonchev–Trinajstić information content (AvgIpc) is 2.68. The lowest BCUT2D eigenvalue weighted by Crippen LogP contribution is -2.47. The average molecular weight is 370 g/mol. The zero-order chi connectivity index (χ0) is 19.3. The Morgan fingerprint density at radius 3 is 2.26 bits per heavy atom. The second-order valence-electron chi connectivity index (χ2n) is 7.04. The first-order valence-electron chi connectivity index (χ1n) is 8.98. The molecule has 3 rings (SSSR count). The lowest BCUT2D eigenvalue weighted by molar-refractivity contribution is -0.121. The first-order chi connectivity index (χ1) is 13.0. The summed E-state index contributed by atoms with van der Waals surface area (Å²) in [7, 11) is 0. The summed E-state index contributed by atoms with van der Waals surface area (Å²) in [6.07, 6.45) is 1.44. The molecule has 0 spiro atoms. The van der Waals surface area contributed by atoms with E-state index in [1.165, 1.54) is 12.1 Å². The van der Waals surface area contributed by atoms with Gasteiger partial charge in [0.25, 0.3) is 5.91 Å². The first kappa shape index (κ1) is 18.9. The molecule has 142 valence electrons. The lowest BCUT2D eigenvalue weighted by Gasteiger charge is -2.41. The van der Waals surface area contributed by atoms with Gasteiger partial charge >= 0.3 is 0 Å². The van der Waals surface area contributed by atoms with Crippen LogP contribution < -0.4 is 10.5 Å². The van der Waals surface area contributed by atoms with E-state index in [9.17, 15) is 14.0 Å². The Morgan fingerprint density at radius 1 is 1.04 bits per heavy atom. The third-order valence-electron chi connectivity index (χ3n) is 5.04. The molecule has 5 nitrogen and oxygen atoms in total. The van der Waals surface area contributed by atoms with E-state index in [2.05, 4.69) is 0 Å². The molecular formula is C21H23FN2O3. The fraction of sp³-hybridized carbons (Fsp3) is 0.333. The maximum absolute atomic E-state index is 13.0. The van der Waals surface area contributed by atoms with Crippen LogP contribution in [0.15, 0.2) is 54.6 Å². The lowest BCUT2D eigenvalue weighted by atomic mass is 9.76. The van der Waals surface area contributed by atoms with Gasteiger partial charge in [-0.05, 0) is 49.2 Å². The van der Waals surface area contributed by atoms with Gasteiger partial charge in [0.15, 0.2) is 0 Å². The number of hydrogen-bond acceptors (Lipinski definition) is 3. The van der Waals surface area contributed by atoms with Gasteiger partial charge in [-0.15, -0.1) is 0 Å². The molecule has 6 heteroatoms. The second kappa shape index (κ2) is 8.20. The van der Waals surface area contributed by atoms with Gasteiger partial charge in [-0.1, -0.05) is 18.2 Å². The summed E-state index contributed by atoms with van der Waals surface area (Å²) >= 11 is 0. The van der Waals surface area contributed by atoms with Gasteiger partial charge in [0.1, 0.15) is 11.6 Å². The number of piperidine rings is 1. The molecule has 0 aliphatic carbocycles. The zero-order valence-corrected chi connectivity index (χ0v) is 15.1. The molecule has 27 heavy (non-hydrogen) atoms. The van der Waals surface area contributed by atoms with Crippen LogP contribution in [0, 0.1) is 11.2 Å². The molecule has 0 radical (unpaired) electrons. The van der Waals surface area contributed by atoms with Crippen LogP contribution in [-0.2, 0) is 4.79 Å².